The summed E-state index contributed by atoms with van der Waals surface area (Å²) in [5, 5.41) is 62.1. The minimum atomic E-state index is -2.15. The molecule has 89 heavy (non-hydrogen) atoms. The number of aliphatic carboxylic acids is 4. The van der Waals surface area contributed by atoms with Crippen molar-refractivity contribution in [3.63, 3.8) is 0 Å². The first-order chi connectivity index (χ1) is 41.7. The third-order valence-electron chi connectivity index (χ3n) is 15.0. The van der Waals surface area contributed by atoms with Gasteiger partial charge in [0.05, 0.1) is 44.3 Å². The van der Waals surface area contributed by atoms with Crippen LogP contribution in [0.5, 0.6) is 0 Å². The molecule has 12 atom stereocenters. The van der Waals surface area contributed by atoms with Crippen LogP contribution in [0.2, 0.25) is 0 Å². The van der Waals surface area contributed by atoms with E-state index in [0.29, 0.717) is 12.3 Å². The first-order valence-corrected chi connectivity index (χ1v) is 29.6. The number of fused-ring (bicyclic) bond motifs is 2. The van der Waals surface area contributed by atoms with Crippen LogP contribution in [0.4, 0.5) is 0 Å². The molecule has 33 heteroatoms. The smallest absolute Gasteiger partial charge is 0.308 e. The molecule has 0 aromatic rings. The summed E-state index contributed by atoms with van der Waals surface area (Å²) >= 11 is 0. The SMILES string of the molecule is CC(C)CCCC/C=C/CC(=O)N[C@@H](CC(=O)O)C(=O)N[C@@H]1C(=O)N2CCCC[C@@H]2C(=O)NC([C@H](C)C(=O)O)C(=O)N[C@@H](CC(=O)O)C(=O)NCC(=O)N[C@@H](CC(=O)O)C(=O)NCC(=O)N[C@H]([C@@H](C)N)C(=O)N[C@@H](C(C)C)C(=O)N2CCC[C@H]2C(=O)N[C@@H]1C. The van der Waals surface area contributed by atoms with Crippen LogP contribution < -0.4 is 58.9 Å². The molecule has 0 bridgehead atoms. The third-order valence-corrected chi connectivity index (χ3v) is 15.0. The Hall–Kier alpha value is -8.78. The maximum absolute atomic E-state index is 15.2. The number of piperidine rings is 1. The predicted molar refractivity (Wildman–Crippen MR) is 310 cm³/mol. The lowest BCUT2D eigenvalue weighted by Gasteiger charge is -2.39. The summed E-state index contributed by atoms with van der Waals surface area (Å²) in [6.07, 6.45) is 3.69. The zero-order valence-corrected chi connectivity index (χ0v) is 51.1. The molecular formula is C56H87N13O20. The van der Waals surface area contributed by atoms with Gasteiger partial charge in [0.15, 0.2) is 0 Å². The van der Waals surface area contributed by atoms with Gasteiger partial charge in [0.1, 0.15) is 54.4 Å². The molecule has 3 fully saturated rings. The maximum Gasteiger partial charge on any atom is 0.308 e. The summed E-state index contributed by atoms with van der Waals surface area (Å²) in [5.74, 6) is -22.0. The highest BCUT2D eigenvalue weighted by Crippen LogP contribution is 2.24. The van der Waals surface area contributed by atoms with Gasteiger partial charge in [0.25, 0.3) is 0 Å². The van der Waals surface area contributed by atoms with Gasteiger partial charge in [0, 0.05) is 25.6 Å². The van der Waals surface area contributed by atoms with Gasteiger partial charge in [-0.05, 0) is 77.6 Å². The molecule has 0 radical (unpaired) electrons. The maximum atomic E-state index is 15.2. The molecule has 3 rings (SSSR count). The van der Waals surface area contributed by atoms with Crippen LogP contribution in [0.1, 0.15) is 132 Å². The van der Waals surface area contributed by atoms with Gasteiger partial charge in [-0.3, -0.25) is 76.7 Å². The zero-order chi connectivity index (χ0) is 67.0. The van der Waals surface area contributed by atoms with Gasteiger partial charge in [-0.1, -0.05) is 52.7 Å². The molecule has 33 nitrogen and oxygen atoms in total. The number of hydrogen-bond acceptors (Lipinski definition) is 17. The third kappa shape index (κ3) is 24.0. The number of nitrogens with two attached hydrogens (primary N) is 1. The first kappa shape index (κ1) is 74.5. The van der Waals surface area contributed by atoms with Crippen LogP contribution >= 0.6 is 0 Å². The number of unbranched alkanes of at least 4 members (excludes halogenated alkanes) is 2. The number of nitrogens with zero attached hydrogens (tertiary/aromatic N) is 2. The van der Waals surface area contributed by atoms with E-state index in [9.17, 15) is 92.3 Å². The summed E-state index contributed by atoms with van der Waals surface area (Å²) in [4.78, 5) is 218. The average molecular weight is 1260 g/mol. The molecule has 3 aliphatic rings. The fourth-order valence-corrected chi connectivity index (χ4v) is 10.0. The molecule has 3 heterocycles. The highest BCUT2D eigenvalue weighted by atomic mass is 16.4. The standard InChI is InChI=1S/C56H87N13O20/c1-27(2)16-11-9-8-10-12-19-37(70)61-34(24-42(77)78)49(81)67-46-31(7)60-50(82)36-18-15-21-69(36)54(86)43(28(3)4)65-53(85)45(30(6)57)64-39(72)26-59-47(79)32(22-40(73)74)62-38(71)25-58-48(80)33(23-41(75)76)63-52(84)44(29(5)56(88)89)66-51(83)35-17-13-14-20-68(35)55(46)87/h10,12,27-36,43-46H,8-9,11,13-26,57H2,1-7H3,(H,58,80)(H,59,79)(H,60,82)(H,61,70)(H,62,71)(H,63,84)(H,64,72)(H,65,85)(H,66,83)(H,67,81)(H,73,74)(H,75,76)(H,77,78)(H,88,89)/b12-10+/t29-,30+,31+,32-,33-,34-,35+,36-,43-,44?,45+,46-/m0/s1. The van der Waals surface area contributed by atoms with E-state index >= 15 is 4.79 Å². The largest absolute Gasteiger partial charge is 0.481 e. The number of rotatable bonds is 20. The second-order valence-electron chi connectivity index (χ2n) is 23.1. The molecule has 0 saturated carbocycles. The van der Waals surface area contributed by atoms with Crippen LogP contribution in [-0.4, -0.2) is 218 Å². The van der Waals surface area contributed by atoms with E-state index in [-0.39, 0.29) is 51.6 Å². The highest BCUT2D eigenvalue weighted by Gasteiger charge is 2.45. The Labute approximate surface area is 513 Å². The van der Waals surface area contributed by atoms with Crippen molar-refractivity contribution in [1.82, 2.24) is 63.0 Å². The molecule has 12 amide bonds. The van der Waals surface area contributed by atoms with Crippen LogP contribution in [-0.2, 0) is 76.7 Å². The predicted octanol–water partition coefficient (Wildman–Crippen LogP) is -4.19. The van der Waals surface area contributed by atoms with Crippen molar-refractivity contribution < 1.29 is 97.1 Å². The number of carbonyl (C=O) groups excluding carboxylic acids is 12. The molecule has 0 aromatic carbocycles. The van der Waals surface area contributed by atoms with Gasteiger partial charge in [0.2, 0.25) is 70.9 Å². The molecule has 496 valence electrons. The molecular weight excluding hydrogens is 1170 g/mol. The van der Waals surface area contributed by atoms with E-state index in [2.05, 4.69) is 51.1 Å². The van der Waals surface area contributed by atoms with E-state index < -0.39 is 205 Å². The van der Waals surface area contributed by atoms with Gasteiger partial charge in [-0.15, -0.1) is 0 Å². The summed E-state index contributed by atoms with van der Waals surface area (Å²) in [7, 11) is 0. The molecule has 0 spiro atoms. The number of allylic oxidation sites excluding steroid dienone is 1. The Kier molecular flexibility index (Phi) is 30.0. The van der Waals surface area contributed by atoms with E-state index in [1.807, 2.05) is 16.0 Å². The number of hydrogen-bond donors (Lipinski definition) is 15. The average Bonchev–Trinajstić information content (AvgIpc) is 2.72. The Bertz CT molecular complexity index is 2670. The molecule has 0 aliphatic carbocycles. The summed E-state index contributed by atoms with van der Waals surface area (Å²) < 4.78 is 0. The summed E-state index contributed by atoms with van der Waals surface area (Å²) in [5.41, 5.74) is 6.11. The van der Waals surface area contributed by atoms with E-state index in [0.717, 1.165) is 36.0 Å². The molecule has 0 aromatic heterocycles. The van der Waals surface area contributed by atoms with Gasteiger partial charge in [-0.25, -0.2) is 0 Å². The number of amides is 12. The quantitative estimate of drug-likeness (QED) is 0.0406. The fourth-order valence-electron chi connectivity index (χ4n) is 10.0. The van der Waals surface area contributed by atoms with Crippen molar-refractivity contribution in [1.29, 1.82) is 0 Å². The van der Waals surface area contributed by atoms with Gasteiger partial charge >= 0.3 is 23.9 Å². The fraction of sp³-hybridized carbons (Fsp3) is 0.679. The number of carbonyl (C=O) groups is 16. The van der Waals surface area contributed by atoms with Crippen molar-refractivity contribution in [3.8, 4) is 0 Å². The molecule has 16 N–H and O–H groups in total. The van der Waals surface area contributed by atoms with Crippen LogP contribution in [0.3, 0.4) is 0 Å². The lowest BCUT2D eigenvalue weighted by atomic mass is 9.96. The van der Waals surface area contributed by atoms with Crippen LogP contribution in [0.15, 0.2) is 12.2 Å². The topological polar surface area (TPSA) is 507 Å². The first-order valence-electron chi connectivity index (χ1n) is 29.6. The Balaban J connectivity index is 2.19. The van der Waals surface area contributed by atoms with Crippen molar-refractivity contribution in [2.45, 2.75) is 198 Å². The lowest BCUT2D eigenvalue weighted by Crippen LogP contribution is -2.66. The van der Waals surface area contributed by atoms with E-state index in [4.69, 9.17) is 5.73 Å². The Morgan fingerprint density at radius 1 is 0.596 bits per heavy atom. The van der Waals surface area contributed by atoms with Crippen molar-refractivity contribution in [2.24, 2.45) is 23.5 Å². The van der Waals surface area contributed by atoms with E-state index in [1.54, 1.807) is 26.0 Å². The Morgan fingerprint density at radius 2 is 1.12 bits per heavy atom. The summed E-state index contributed by atoms with van der Waals surface area (Å²) in [6.45, 7) is 8.53. The number of nitrogens with one attached hydrogen (secondary N) is 10. The van der Waals surface area contributed by atoms with E-state index in [1.165, 1.54) is 13.8 Å². The second-order valence-corrected chi connectivity index (χ2v) is 23.1. The normalized spacial score (nSPS) is 25.6. The van der Waals surface area contributed by atoms with Crippen LogP contribution in [0, 0.1) is 17.8 Å². The Morgan fingerprint density at radius 3 is 1.67 bits per heavy atom. The zero-order valence-electron chi connectivity index (χ0n) is 51.1. The second kappa shape index (κ2) is 35.9. The van der Waals surface area contributed by atoms with Crippen molar-refractivity contribution >= 4 is 94.8 Å². The van der Waals surface area contributed by atoms with Gasteiger partial charge < -0.3 is 89.1 Å². The minimum Gasteiger partial charge on any atom is -0.481 e. The molecule has 1 unspecified atom stereocenters. The monoisotopic (exact) mass is 1260 g/mol. The van der Waals surface area contributed by atoms with Crippen molar-refractivity contribution in [2.75, 3.05) is 26.2 Å². The number of carboxylic acids is 4. The minimum absolute atomic E-state index is 0.0218. The molecule has 3 saturated heterocycles. The molecule has 3 aliphatic heterocycles. The highest BCUT2D eigenvalue weighted by molar-refractivity contribution is 6.01. The van der Waals surface area contributed by atoms with Crippen molar-refractivity contribution in [3.05, 3.63) is 12.2 Å². The lowest BCUT2D eigenvalue weighted by molar-refractivity contribution is -0.150. The number of carboxylic acid groups (broad SMARTS) is 4. The van der Waals surface area contributed by atoms with Crippen LogP contribution in [0.25, 0.3) is 0 Å². The summed E-state index contributed by atoms with van der Waals surface area (Å²) in [6, 6.07) is -18.5. The van der Waals surface area contributed by atoms with Gasteiger partial charge in [-0.2, -0.15) is 0 Å².